The molecule has 134 valence electrons. The molecule has 0 bridgehead atoms. The topological polar surface area (TPSA) is 29.1 Å². The minimum atomic E-state index is -0.0319. The number of thioether (sulfide) groups is 1. The van der Waals surface area contributed by atoms with Gasteiger partial charge in [0, 0.05) is 23.6 Å². The summed E-state index contributed by atoms with van der Waals surface area (Å²) in [5.41, 5.74) is 3.14. The van der Waals surface area contributed by atoms with Gasteiger partial charge in [0.2, 0.25) is 0 Å². The fourth-order valence-corrected chi connectivity index (χ4v) is 3.41. The lowest BCUT2D eigenvalue weighted by atomic mass is 9.87. The Balaban J connectivity index is 1.74. The van der Waals surface area contributed by atoms with Crippen LogP contribution in [-0.2, 0) is 11.2 Å². The van der Waals surface area contributed by atoms with Gasteiger partial charge in [0.15, 0.2) is 0 Å². The van der Waals surface area contributed by atoms with Crippen LogP contribution in [-0.4, -0.2) is 18.2 Å². The molecular weight excluding hydrogens is 373 g/mol. The molecule has 0 aliphatic carbocycles. The minimum absolute atomic E-state index is 0.0319. The molecule has 0 fully saturated rings. The molecule has 1 amide bonds. The molecule has 0 saturated carbocycles. The number of carbonyl (C=O) groups excluding carboxylic acids is 1. The van der Waals surface area contributed by atoms with Crippen molar-refractivity contribution in [3.05, 3.63) is 69.2 Å². The van der Waals surface area contributed by atoms with Gasteiger partial charge in [0.05, 0.1) is 10.0 Å². The summed E-state index contributed by atoms with van der Waals surface area (Å²) in [6.45, 7) is 7.11. The maximum Gasteiger partial charge on any atom is 0.251 e. The summed E-state index contributed by atoms with van der Waals surface area (Å²) < 4.78 is 0. The molecular formula is C20H23Cl2NOS. The van der Waals surface area contributed by atoms with Gasteiger partial charge < -0.3 is 5.32 Å². The van der Waals surface area contributed by atoms with Crippen molar-refractivity contribution in [1.82, 2.24) is 5.32 Å². The van der Waals surface area contributed by atoms with Crippen LogP contribution in [0.5, 0.6) is 0 Å². The molecule has 2 nitrogen and oxygen atoms in total. The summed E-state index contributed by atoms with van der Waals surface area (Å²) in [5.74, 6) is 1.65. The van der Waals surface area contributed by atoms with E-state index in [1.807, 2.05) is 42.5 Å². The van der Waals surface area contributed by atoms with Gasteiger partial charge in [-0.15, -0.1) is 0 Å². The molecule has 0 unspecified atom stereocenters. The first-order valence-corrected chi connectivity index (χ1v) is 10.1. The Kier molecular flexibility index (Phi) is 7.24. The van der Waals surface area contributed by atoms with Gasteiger partial charge in [-0.05, 0) is 40.8 Å². The second-order valence-electron chi connectivity index (χ2n) is 6.88. The maximum atomic E-state index is 12.2. The summed E-state index contributed by atoms with van der Waals surface area (Å²) in [6, 6.07) is 13.5. The molecule has 0 aromatic heterocycles. The molecule has 0 aliphatic heterocycles. The molecule has 0 radical (unpaired) electrons. The van der Waals surface area contributed by atoms with E-state index in [1.165, 1.54) is 5.56 Å². The summed E-state index contributed by atoms with van der Waals surface area (Å²) >= 11 is 13.7. The van der Waals surface area contributed by atoms with Gasteiger partial charge >= 0.3 is 0 Å². The van der Waals surface area contributed by atoms with E-state index in [0.717, 1.165) is 17.1 Å². The average Bonchev–Trinajstić information content (AvgIpc) is 2.57. The summed E-state index contributed by atoms with van der Waals surface area (Å²) in [7, 11) is 0. The zero-order valence-electron chi connectivity index (χ0n) is 14.7. The van der Waals surface area contributed by atoms with Gasteiger partial charge in [-0.1, -0.05) is 62.2 Å². The SMILES string of the molecule is CC(C)(C)c1ccc(C(=O)NCCSCc2ccc(Cl)c(Cl)c2)cc1. The zero-order chi connectivity index (χ0) is 18.4. The molecule has 2 aromatic carbocycles. The number of rotatable bonds is 6. The lowest BCUT2D eigenvalue weighted by Gasteiger charge is -2.19. The second-order valence-corrected chi connectivity index (χ2v) is 8.80. The van der Waals surface area contributed by atoms with E-state index < -0.39 is 0 Å². The van der Waals surface area contributed by atoms with Crippen LogP contribution in [0.25, 0.3) is 0 Å². The van der Waals surface area contributed by atoms with Crippen LogP contribution in [0.1, 0.15) is 42.3 Å². The van der Waals surface area contributed by atoms with Crippen LogP contribution in [0.3, 0.4) is 0 Å². The van der Waals surface area contributed by atoms with E-state index in [-0.39, 0.29) is 11.3 Å². The zero-order valence-corrected chi connectivity index (χ0v) is 17.1. The number of hydrogen-bond acceptors (Lipinski definition) is 2. The van der Waals surface area contributed by atoms with Gasteiger partial charge in [0.1, 0.15) is 0 Å². The van der Waals surface area contributed by atoms with Crippen LogP contribution in [0.2, 0.25) is 10.0 Å². The summed E-state index contributed by atoms with van der Waals surface area (Å²) in [5, 5.41) is 4.10. The first-order valence-electron chi connectivity index (χ1n) is 8.18. The van der Waals surface area contributed by atoms with Crippen LogP contribution in [0.15, 0.2) is 42.5 Å². The highest BCUT2D eigenvalue weighted by Crippen LogP contribution is 2.24. The molecule has 5 heteroatoms. The predicted molar refractivity (Wildman–Crippen MR) is 110 cm³/mol. The van der Waals surface area contributed by atoms with Crippen molar-refractivity contribution < 1.29 is 4.79 Å². The third kappa shape index (κ3) is 6.25. The minimum Gasteiger partial charge on any atom is -0.351 e. The van der Waals surface area contributed by atoms with Crippen molar-refractivity contribution in [2.75, 3.05) is 12.3 Å². The van der Waals surface area contributed by atoms with Crippen molar-refractivity contribution >= 4 is 40.9 Å². The van der Waals surface area contributed by atoms with E-state index in [9.17, 15) is 4.79 Å². The van der Waals surface area contributed by atoms with Crippen molar-refractivity contribution in [3.8, 4) is 0 Å². The first kappa shape index (κ1) is 20.2. The van der Waals surface area contributed by atoms with Gasteiger partial charge in [0.25, 0.3) is 5.91 Å². The first-order chi connectivity index (χ1) is 11.8. The molecule has 2 aromatic rings. The second kappa shape index (κ2) is 8.98. The number of hydrogen-bond donors (Lipinski definition) is 1. The molecule has 0 saturated heterocycles. The smallest absolute Gasteiger partial charge is 0.251 e. The highest BCUT2D eigenvalue weighted by atomic mass is 35.5. The van der Waals surface area contributed by atoms with E-state index >= 15 is 0 Å². The summed E-state index contributed by atoms with van der Waals surface area (Å²) in [4.78, 5) is 12.2. The third-order valence-electron chi connectivity index (χ3n) is 3.80. The Hall–Kier alpha value is -1.16. The standard InChI is InChI=1S/C20H23Cl2NOS/c1-20(2,3)16-7-5-15(6-8-16)19(24)23-10-11-25-13-14-4-9-17(21)18(22)12-14/h4-9,12H,10-11,13H2,1-3H3,(H,23,24). The molecule has 1 N–H and O–H groups in total. The van der Waals surface area contributed by atoms with Crippen molar-refractivity contribution in [1.29, 1.82) is 0 Å². The fourth-order valence-electron chi connectivity index (χ4n) is 2.28. The van der Waals surface area contributed by atoms with E-state index in [0.29, 0.717) is 22.2 Å². The Bertz CT molecular complexity index is 723. The third-order valence-corrected chi connectivity index (χ3v) is 5.57. The monoisotopic (exact) mass is 395 g/mol. The van der Waals surface area contributed by atoms with E-state index in [1.54, 1.807) is 11.8 Å². The molecule has 2 rings (SSSR count). The fraction of sp³-hybridized carbons (Fsp3) is 0.350. The normalized spacial score (nSPS) is 11.4. The number of carbonyl (C=O) groups is 1. The average molecular weight is 396 g/mol. The van der Waals surface area contributed by atoms with Crippen molar-refractivity contribution in [3.63, 3.8) is 0 Å². The maximum absolute atomic E-state index is 12.2. The molecule has 0 spiro atoms. The summed E-state index contributed by atoms with van der Waals surface area (Å²) in [6.07, 6.45) is 0. The Morgan fingerprint density at radius 1 is 1.04 bits per heavy atom. The number of halogens is 2. The highest BCUT2D eigenvalue weighted by molar-refractivity contribution is 7.98. The molecule has 25 heavy (non-hydrogen) atoms. The Labute approximate surface area is 164 Å². The number of amides is 1. The molecule has 0 aliphatic rings. The predicted octanol–water partition coefficient (Wildman–Crippen LogP) is 5.95. The van der Waals surface area contributed by atoms with Gasteiger partial charge in [-0.2, -0.15) is 11.8 Å². The Morgan fingerprint density at radius 3 is 2.32 bits per heavy atom. The van der Waals surface area contributed by atoms with Crippen LogP contribution >= 0.6 is 35.0 Å². The lowest BCUT2D eigenvalue weighted by Crippen LogP contribution is -2.25. The quantitative estimate of drug-likeness (QED) is 0.611. The highest BCUT2D eigenvalue weighted by Gasteiger charge is 2.14. The van der Waals surface area contributed by atoms with Crippen molar-refractivity contribution in [2.45, 2.75) is 31.9 Å². The van der Waals surface area contributed by atoms with Crippen LogP contribution in [0.4, 0.5) is 0 Å². The molecule has 0 atom stereocenters. The van der Waals surface area contributed by atoms with Gasteiger partial charge in [-0.25, -0.2) is 0 Å². The molecule has 0 heterocycles. The van der Waals surface area contributed by atoms with E-state index in [2.05, 4.69) is 26.1 Å². The van der Waals surface area contributed by atoms with Crippen LogP contribution < -0.4 is 5.32 Å². The van der Waals surface area contributed by atoms with Crippen molar-refractivity contribution in [2.24, 2.45) is 0 Å². The number of benzene rings is 2. The van der Waals surface area contributed by atoms with E-state index in [4.69, 9.17) is 23.2 Å². The Morgan fingerprint density at radius 2 is 1.72 bits per heavy atom. The largest absolute Gasteiger partial charge is 0.351 e. The van der Waals surface area contributed by atoms with Gasteiger partial charge in [-0.3, -0.25) is 4.79 Å². The number of nitrogens with one attached hydrogen (secondary N) is 1. The van der Waals surface area contributed by atoms with Crippen LogP contribution in [0, 0.1) is 0 Å². The lowest BCUT2D eigenvalue weighted by molar-refractivity contribution is 0.0956.